The molecule has 4 aliphatic rings. The number of nitrogens with zero attached hydrogens (tertiary/aromatic N) is 2. The quantitative estimate of drug-likeness (QED) is 0.796. The summed E-state index contributed by atoms with van der Waals surface area (Å²) in [5.74, 6) is 0.679. The molecule has 1 atom stereocenters. The van der Waals surface area contributed by atoms with E-state index in [4.69, 9.17) is 4.84 Å². The minimum absolute atomic E-state index is 0.0432. The molecule has 2 bridgehead atoms. The zero-order valence-corrected chi connectivity index (χ0v) is 11.8. The van der Waals surface area contributed by atoms with Crippen LogP contribution in [0.4, 0.5) is 0 Å². The summed E-state index contributed by atoms with van der Waals surface area (Å²) >= 11 is 4.40. The lowest BCUT2D eigenvalue weighted by molar-refractivity contribution is -0.136. The summed E-state index contributed by atoms with van der Waals surface area (Å²) in [6.45, 7) is 3.51. The van der Waals surface area contributed by atoms with E-state index in [1.165, 1.54) is 25.9 Å². The molecule has 4 heteroatoms. The van der Waals surface area contributed by atoms with E-state index in [1.54, 1.807) is 0 Å². The Morgan fingerprint density at radius 3 is 2.84 bits per heavy atom. The van der Waals surface area contributed by atoms with Crippen molar-refractivity contribution in [2.24, 2.45) is 11.1 Å². The lowest BCUT2D eigenvalue weighted by Gasteiger charge is -2.49. The van der Waals surface area contributed by atoms with Gasteiger partial charge in [-0.15, -0.1) is 12.6 Å². The van der Waals surface area contributed by atoms with E-state index in [1.807, 2.05) is 12.1 Å². The van der Waals surface area contributed by atoms with E-state index in [0.29, 0.717) is 5.92 Å². The van der Waals surface area contributed by atoms with Gasteiger partial charge in [-0.05, 0) is 38.1 Å². The molecule has 0 aliphatic carbocycles. The van der Waals surface area contributed by atoms with Gasteiger partial charge in [-0.3, -0.25) is 4.90 Å². The SMILES string of the molecule is Sc1cccc(C2=NOC3(C2)CN2CCC3CC2)c1. The van der Waals surface area contributed by atoms with Crippen LogP contribution in [0.1, 0.15) is 24.8 Å². The molecule has 3 saturated heterocycles. The highest BCUT2D eigenvalue weighted by Gasteiger charge is 2.52. The van der Waals surface area contributed by atoms with Gasteiger partial charge in [-0.25, -0.2) is 0 Å². The van der Waals surface area contributed by atoms with Crippen molar-refractivity contribution in [3.63, 3.8) is 0 Å². The van der Waals surface area contributed by atoms with Crippen molar-refractivity contribution in [2.75, 3.05) is 19.6 Å². The Kier molecular flexibility index (Phi) is 2.64. The average molecular weight is 274 g/mol. The summed E-state index contributed by atoms with van der Waals surface area (Å²) in [6, 6.07) is 8.20. The minimum atomic E-state index is -0.0432. The summed E-state index contributed by atoms with van der Waals surface area (Å²) in [4.78, 5) is 9.45. The fourth-order valence-electron chi connectivity index (χ4n) is 3.76. The van der Waals surface area contributed by atoms with E-state index < -0.39 is 0 Å². The number of benzene rings is 1. The number of thiol groups is 1. The van der Waals surface area contributed by atoms with Crippen molar-refractivity contribution in [2.45, 2.75) is 29.8 Å². The third kappa shape index (κ3) is 1.89. The number of hydrogen-bond acceptors (Lipinski definition) is 4. The molecule has 5 rings (SSSR count). The van der Waals surface area contributed by atoms with Crippen molar-refractivity contribution in [1.29, 1.82) is 0 Å². The Labute approximate surface area is 119 Å². The molecule has 3 fully saturated rings. The van der Waals surface area contributed by atoms with Gasteiger partial charge in [0.05, 0.1) is 5.71 Å². The third-order valence-corrected chi connectivity index (χ3v) is 5.08. The van der Waals surface area contributed by atoms with Crippen LogP contribution < -0.4 is 0 Å². The number of fused-ring (bicyclic) bond motifs is 2. The summed E-state index contributed by atoms with van der Waals surface area (Å²) in [6.07, 6.45) is 3.47. The van der Waals surface area contributed by atoms with E-state index >= 15 is 0 Å². The van der Waals surface area contributed by atoms with Crippen LogP contribution in [0, 0.1) is 5.92 Å². The van der Waals surface area contributed by atoms with E-state index in [9.17, 15) is 0 Å². The van der Waals surface area contributed by atoms with Gasteiger partial charge in [0.25, 0.3) is 0 Å². The van der Waals surface area contributed by atoms with Crippen LogP contribution in [-0.4, -0.2) is 35.8 Å². The monoisotopic (exact) mass is 274 g/mol. The maximum atomic E-state index is 5.94. The largest absolute Gasteiger partial charge is 0.387 e. The molecule has 1 spiro atoms. The van der Waals surface area contributed by atoms with Crippen molar-refractivity contribution in [3.05, 3.63) is 29.8 Å². The Morgan fingerprint density at radius 2 is 2.16 bits per heavy atom. The van der Waals surface area contributed by atoms with Gasteiger partial charge in [0.1, 0.15) is 0 Å². The average Bonchev–Trinajstić information content (AvgIpc) is 2.84. The summed E-state index contributed by atoms with van der Waals surface area (Å²) in [5, 5.41) is 4.40. The molecule has 1 unspecified atom stereocenters. The second-order valence-electron chi connectivity index (χ2n) is 5.97. The van der Waals surface area contributed by atoms with E-state index in [-0.39, 0.29) is 5.60 Å². The maximum Gasteiger partial charge on any atom is 0.158 e. The molecule has 3 nitrogen and oxygen atoms in total. The molecule has 0 saturated carbocycles. The summed E-state index contributed by atoms with van der Waals surface area (Å²) in [7, 11) is 0. The normalized spacial score (nSPS) is 36.4. The van der Waals surface area contributed by atoms with Crippen LogP contribution in [-0.2, 0) is 4.84 Å². The molecule has 0 N–H and O–H groups in total. The Bertz CT molecular complexity index is 537. The molecular formula is C15H18N2OS. The van der Waals surface area contributed by atoms with Gasteiger partial charge >= 0.3 is 0 Å². The molecule has 19 heavy (non-hydrogen) atoms. The predicted molar refractivity (Wildman–Crippen MR) is 77.8 cm³/mol. The Morgan fingerprint density at radius 1 is 1.32 bits per heavy atom. The van der Waals surface area contributed by atoms with E-state index in [2.05, 4.69) is 34.8 Å². The lowest BCUT2D eigenvalue weighted by atomic mass is 9.72. The molecule has 1 aromatic rings. The maximum absolute atomic E-state index is 5.94. The lowest BCUT2D eigenvalue weighted by Crippen LogP contribution is -2.59. The van der Waals surface area contributed by atoms with Crippen LogP contribution in [0.15, 0.2) is 34.3 Å². The van der Waals surface area contributed by atoms with Crippen LogP contribution >= 0.6 is 12.6 Å². The van der Waals surface area contributed by atoms with Crippen molar-refractivity contribution >= 4 is 18.3 Å². The fourth-order valence-corrected chi connectivity index (χ4v) is 3.99. The van der Waals surface area contributed by atoms with Crippen molar-refractivity contribution < 1.29 is 4.84 Å². The molecule has 4 aliphatic heterocycles. The van der Waals surface area contributed by atoms with Crippen LogP contribution in [0.25, 0.3) is 0 Å². The topological polar surface area (TPSA) is 24.8 Å². The molecule has 100 valence electrons. The molecular weight excluding hydrogens is 256 g/mol. The van der Waals surface area contributed by atoms with Crippen LogP contribution in [0.3, 0.4) is 0 Å². The molecule has 0 radical (unpaired) electrons. The van der Waals surface area contributed by atoms with Gasteiger partial charge in [-0.2, -0.15) is 0 Å². The predicted octanol–water partition coefficient (Wildman–Crippen LogP) is 2.56. The Balaban J connectivity index is 1.59. The molecule has 4 heterocycles. The Hall–Kier alpha value is -1.00. The number of oxime groups is 1. The van der Waals surface area contributed by atoms with Gasteiger partial charge in [0, 0.05) is 29.3 Å². The first-order valence-electron chi connectivity index (χ1n) is 7.02. The fraction of sp³-hybridized carbons (Fsp3) is 0.533. The highest BCUT2D eigenvalue weighted by atomic mass is 32.1. The zero-order chi connectivity index (χ0) is 12.9. The molecule has 0 amide bonds. The number of hydrogen-bond donors (Lipinski definition) is 1. The number of piperidine rings is 3. The van der Waals surface area contributed by atoms with Gasteiger partial charge in [0.15, 0.2) is 5.60 Å². The second-order valence-corrected chi connectivity index (χ2v) is 6.49. The summed E-state index contributed by atoms with van der Waals surface area (Å²) in [5.41, 5.74) is 2.20. The zero-order valence-electron chi connectivity index (χ0n) is 10.9. The minimum Gasteiger partial charge on any atom is -0.387 e. The first-order valence-corrected chi connectivity index (χ1v) is 7.47. The summed E-state index contributed by atoms with van der Waals surface area (Å²) < 4.78 is 0. The first kappa shape index (κ1) is 11.8. The number of rotatable bonds is 1. The van der Waals surface area contributed by atoms with Crippen LogP contribution in [0.2, 0.25) is 0 Å². The van der Waals surface area contributed by atoms with E-state index in [0.717, 1.165) is 29.1 Å². The van der Waals surface area contributed by atoms with Gasteiger partial charge < -0.3 is 4.84 Å². The third-order valence-electron chi connectivity index (χ3n) is 4.81. The van der Waals surface area contributed by atoms with Crippen molar-refractivity contribution in [1.82, 2.24) is 4.90 Å². The second kappa shape index (κ2) is 4.25. The molecule has 1 aromatic carbocycles. The van der Waals surface area contributed by atoms with Gasteiger partial charge in [0.2, 0.25) is 0 Å². The van der Waals surface area contributed by atoms with Crippen molar-refractivity contribution in [3.8, 4) is 0 Å². The van der Waals surface area contributed by atoms with Crippen LogP contribution in [0.5, 0.6) is 0 Å². The standard InChI is InChI=1S/C15H18N2OS/c19-13-3-1-2-11(8-13)14-9-15(18-16-14)10-17-6-4-12(15)5-7-17/h1-3,8,12,19H,4-7,9-10H2. The highest BCUT2D eigenvalue weighted by Crippen LogP contribution is 2.44. The highest BCUT2D eigenvalue weighted by molar-refractivity contribution is 7.80. The first-order chi connectivity index (χ1) is 9.25. The smallest absolute Gasteiger partial charge is 0.158 e. The van der Waals surface area contributed by atoms with Gasteiger partial charge in [-0.1, -0.05) is 17.3 Å². The molecule has 0 aromatic heterocycles.